The summed E-state index contributed by atoms with van der Waals surface area (Å²) in [6, 6.07) is 9.29. The molecule has 38 heavy (non-hydrogen) atoms. The molecule has 3 aromatic heterocycles. The quantitative estimate of drug-likeness (QED) is 0.282. The van der Waals surface area contributed by atoms with Crippen LogP contribution in [-0.2, 0) is 6.42 Å². The van der Waals surface area contributed by atoms with E-state index in [9.17, 15) is 9.90 Å². The van der Waals surface area contributed by atoms with Crippen molar-refractivity contribution in [1.82, 2.24) is 19.9 Å². The molecule has 0 unspecified atom stereocenters. The summed E-state index contributed by atoms with van der Waals surface area (Å²) in [5.41, 5.74) is 6.29. The van der Waals surface area contributed by atoms with Crippen molar-refractivity contribution in [1.29, 1.82) is 0 Å². The average molecular weight is 548 g/mol. The Morgan fingerprint density at radius 2 is 2.03 bits per heavy atom. The monoisotopic (exact) mass is 547 g/mol. The van der Waals surface area contributed by atoms with E-state index in [0.29, 0.717) is 34.3 Å². The Bertz CT molecular complexity index is 1720. The molecule has 0 radical (unpaired) electrons. The van der Waals surface area contributed by atoms with Crippen LogP contribution in [0.3, 0.4) is 0 Å². The van der Waals surface area contributed by atoms with Crippen LogP contribution in [0.15, 0.2) is 42.7 Å². The molecule has 4 heterocycles. The number of thiazole rings is 1. The van der Waals surface area contributed by atoms with Crippen LogP contribution < -0.4 is 14.4 Å². The number of carbonyl (C=O) groups is 1. The Morgan fingerprint density at radius 1 is 1.18 bits per heavy atom. The number of fused-ring (bicyclic) bond motifs is 4. The van der Waals surface area contributed by atoms with Gasteiger partial charge in [-0.15, -0.1) is 11.3 Å². The van der Waals surface area contributed by atoms with E-state index in [0.717, 1.165) is 43.1 Å². The van der Waals surface area contributed by atoms with Gasteiger partial charge < -0.3 is 14.6 Å². The molecule has 1 amide bonds. The highest BCUT2D eigenvalue weighted by Gasteiger charge is 2.31. The van der Waals surface area contributed by atoms with Gasteiger partial charge in [-0.05, 0) is 43.7 Å². The van der Waals surface area contributed by atoms with Crippen molar-refractivity contribution in [3.8, 4) is 22.2 Å². The second kappa shape index (κ2) is 9.38. The fraction of sp³-hybridized carbons (Fsp3) is 0.222. The molecule has 0 fully saturated rings. The SMILES string of the molecule is COc1cnc2c(-c3nc4c(Cl)cc5c(c4s3)C[C@@H](CN(C(=O)O)c3ccc(C)nc3)O5)cc(C)cc2n1. The predicted molar refractivity (Wildman–Crippen MR) is 147 cm³/mol. The second-order valence-electron chi connectivity index (χ2n) is 9.12. The molecule has 0 spiro atoms. The minimum atomic E-state index is -1.07. The van der Waals surface area contributed by atoms with E-state index in [1.807, 2.05) is 26.0 Å². The van der Waals surface area contributed by atoms with Crippen molar-refractivity contribution in [3.63, 3.8) is 0 Å². The zero-order valence-electron chi connectivity index (χ0n) is 20.7. The number of halogens is 1. The zero-order chi connectivity index (χ0) is 26.6. The second-order valence-corrected chi connectivity index (χ2v) is 10.5. The van der Waals surface area contributed by atoms with Crippen LogP contribution in [0.2, 0.25) is 5.02 Å². The molecular weight excluding hydrogens is 526 g/mol. The molecular formula is C27H22ClN5O4S. The Balaban J connectivity index is 1.37. The van der Waals surface area contributed by atoms with Crippen LogP contribution in [0, 0.1) is 13.8 Å². The third-order valence-electron chi connectivity index (χ3n) is 6.44. The van der Waals surface area contributed by atoms with E-state index in [1.54, 1.807) is 37.7 Å². The molecule has 1 aliphatic heterocycles. The number of anilines is 1. The predicted octanol–water partition coefficient (Wildman–Crippen LogP) is 6.07. The van der Waals surface area contributed by atoms with Crippen LogP contribution in [-0.4, -0.2) is 50.9 Å². The van der Waals surface area contributed by atoms with Gasteiger partial charge in [-0.1, -0.05) is 11.6 Å². The van der Waals surface area contributed by atoms with Gasteiger partial charge in [0.05, 0.1) is 52.5 Å². The molecule has 9 nitrogen and oxygen atoms in total. The fourth-order valence-electron chi connectivity index (χ4n) is 4.66. The third kappa shape index (κ3) is 4.25. The van der Waals surface area contributed by atoms with Crippen LogP contribution in [0.5, 0.6) is 11.6 Å². The van der Waals surface area contributed by atoms with Gasteiger partial charge >= 0.3 is 6.09 Å². The van der Waals surface area contributed by atoms with Crippen LogP contribution >= 0.6 is 22.9 Å². The van der Waals surface area contributed by atoms with Gasteiger partial charge in [-0.3, -0.25) is 9.88 Å². The first-order chi connectivity index (χ1) is 18.3. The molecule has 1 aliphatic rings. The summed E-state index contributed by atoms with van der Waals surface area (Å²) < 4.78 is 12.3. The van der Waals surface area contributed by atoms with E-state index in [-0.39, 0.29) is 12.6 Å². The van der Waals surface area contributed by atoms with Crippen molar-refractivity contribution >= 4 is 56.0 Å². The summed E-state index contributed by atoms with van der Waals surface area (Å²) >= 11 is 8.17. The maximum Gasteiger partial charge on any atom is 0.411 e. The summed E-state index contributed by atoms with van der Waals surface area (Å²) in [6.45, 7) is 4.00. The zero-order valence-corrected chi connectivity index (χ0v) is 22.3. The third-order valence-corrected chi connectivity index (χ3v) is 7.88. The van der Waals surface area contributed by atoms with E-state index in [1.165, 1.54) is 16.2 Å². The lowest BCUT2D eigenvalue weighted by atomic mass is 10.1. The summed E-state index contributed by atoms with van der Waals surface area (Å²) in [6.07, 6.45) is 2.23. The maximum atomic E-state index is 12.0. The molecule has 2 aromatic carbocycles. The number of carboxylic acid groups (broad SMARTS) is 1. The van der Waals surface area contributed by atoms with E-state index < -0.39 is 6.09 Å². The van der Waals surface area contributed by atoms with Gasteiger partial charge in [0.1, 0.15) is 22.4 Å². The number of benzene rings is 2. The van der Waals surface area contributed by atoms with Crippen LogP contribution in [0.25, 0.3) is 31.8 Å². The van der Waals surface area contributed by atoms with Crippen molar-refractivity contribution in [2.45, 2.75) is 26.4 Å². The van der Waals surface area contributed by atoms with E-state index in [2.05, 4.69) is 15.0 Å². The summed E-state index contributed by atoms with van der Waals surface area (Å²) in [5.74, 6) is 1.09. The molecule has 0 saturated heterocycles. The Labute approximate surface area is 226 Å². The van der Waals surface area contributed by atoms with E-state index in [4.69, 9.17) is 26.1 Å². The first kappa shape index (κ1) is 24.3. The molecule has 11 heteroatoms. The van der Waals surface area contributed by atoms with Crippen molar-refractivity contribution in [2.24, 2.45) is 0 Å². The number of ether oxygens (including phenoxy) is 2. The van der Waals surface area contributed by atoms with Gasteiger partial charge in [-0.25, -0.2) is 19.7 Å². The molecule has 1 N–H and O–H groups in total. The number of hydrogen-bond acceptors (Lipinski definition) is 8. The maximum absolute atomic E-state index is 12.0. The highest BCUT2D eigenvalue weighted by atomic mass is 35.5. The number of rotatable bonds is 5. The number of methoxy groups -OCH3 is 1. The molecule has 0 saturated carbocycles. The Morgan fingerprint density at radius 3 is 2.76 bits per heavy atom. The van der Waals surface area contributed by atoms with Gasteiger partial charge in [-0.2, -0.15) is 0 Å². The standard InChI is InChI=1S/C27H22ClN5O4S/c1-13-6-18(23-20(7-13)31-22(36-3)11-30-23)26-32-24-19(28)9-21-17(25(24)38-26)8-16(37-21)12-33(27(34)35)15-5-4-14(2)29-10-15/h4-7,9-11,16H,8,12H2,1-3H3,(H,34,35)/t16-/m0/s1. The number of aryl methyl sites for hydroxylation is 2. The lowest BCUT2D eigenvalue weighted by Crippen LogP contribution is -2.38. The van der Waals surface area contributed by atoms with Gasteiger partial charge in [0.25, 0.3) is 0 Å². The first-order valence-electron chi connectivity index (χ1n) is 11.8. The number of amides is 1. The highest BCUT2D eigenvalue weighted by molar-refractivity contribution is 7.22. The molecule has 0 bridgehead atoms. The normalized spacial score (nSPS) is 14.5. The molecule has 1 atom stereocenters. The van der Waals surface area contributed by atoms with Gasteiger partial charge in [0.2, 0.25) is 5.88 Å². The van der Waals surface area contributed by atoms with Gasteiger partial charge in [0, 0.05) is 29.3 Å². The van der Waals surface area contributed by atoms with Crippen LogP contribution in [0.4, 0.5) is 10.5 Å². The lowest BCUT2D eigenvalue weighted by Gasteiger charge is -2.22. The summed E-state index contributed by atoms with van der Waals surface area (Å²) in [7, 11) is 1.56. The number of pyridine rings is 1. The topological polar surface area (TPSA) is 111 Å². The van der Waals surface area contributed by atoms with Crippen LogP contribution in [0.1, 0.15) is 16.8 Å². The Hall–Kier alpha value is -4.02. The van der Waals surface area contributed by atoms with E-state index >= 15 is 0 Å². The minimum Gasteiger partial charge on any atom is -0.488 e. The summed E-state index contributed by atoms with van der Waals surface area (Å²) in [4.78, 5) is 31.5. The molecule has 5 aromatic rings. The Kier molecular flexibility index (Phi) is 6.00. The van der Waals surface area contributed by atoms with Crippen molar-refractivity contribution in [2.75, 3.05) is 18.6 Å². The first-order valence-corrected chi connectivity index (χ1v) is 13.0. The fourth-order valence-corrected chi connectivity index (χ4v) is 6.11. The summed E-state index contributed by atoms with van der Waals surface area (Å²) in [5, 5.41) is 11.1. The molecule has 0 aliphatic carbocycles. The minimum absolute atomic E-state index is 0.152. The smallest absolute Gasteiger partial charge is 0.411 e. The highest BCUT2D eigenvalue weighted by Crippen LogP contribution is 2.44. The number of nitrogens with zero attached hydrogens (tertiary/aromatic N) is 5. The average Bonchev–Trinajstić information content (AvgIpc) is 3.51. The molecule has 192 valence electrons. The number of hydrogen-bond donors (Lipinski definition) is 1. The largest absolute Gasteiger partial charge is 0.488 e. The van der Waals surface area contributed by atoms with Crippen molar-refractivity contribution in [3.05, 3.63) is 64.6 Å². The van der Waals surface area contributed by atoms with Gasteiger partial charge in [0.15, 0.2) is 0 Å². The van der Waals surface area contributed by atoms with Crippen molar-refractivity contribution < 1.29 is 19.4 Å². The number of aromatic nitrogens is 4. The lowest BCUT2D eigenvalue weighted by molar-refractivity contribution is 0.191. The molecule has 6 rings (SSSR count).